The molecule has 1 saturated heterocycles. The van der Waals surface area contributed by atoms with E-state index in [9.17, 15) is 48.3 Å². The largest absolute Gasteiger partial charge is 0.481 e. The number of amides is 6. The third kappa shape index (κ3) is 26.5. The van der Waals surface area contributed by atoms with Crippen LogP contribution in [-0.4, -0.2) is 177 Å². The van der Waals surface area contributed by atoms with Crippen molar-refractivity contribution in [1.29, 1.82) is 0 Å². The summed E-state index contributed by atoms with van der Waals surface area (Å²) in [5, 5.41) is 37.0. The molecule has 516 valence electrons. The third-order valence-corrected chi connectivity index (χ3v) is 17.2. The van der Waals surface area contributed by atoms with E-state index in [1.54, 1.807) is 29.4 Å². The number of nitrogens with zero attached hydrogens (tertiary/aromatic N) is 6. The van der Waals surface area contributed by atoms with Gasteiger partial charge < -0.3 is 60.6 Å². The molecule has 2 aliphatic rings. The maximum Gasteiger partial charge on any atom is 0.326 e. The van der Waals surface area contributed by atoms with Gasteiger partial charge in [0.15, 0.2) is 5.78 Å². The number of ketones is 1. The predicted octanol–water partition coefficient (Wildman–Crippen LogP) is 7.80. The van der Waals surface area contributed by atoms with Crippen LogP contribution in [-0.2, 0) is 70.4 Å². The lowest BCUT2D eigenvalue weighted by atomic mass is 10.0. The molecule has 6 amide bonds. The number of likely N-dealkylation sites (tertiary alicyclic amines) is 1. The fourth-order valence-electron chi connectivity index (χ4n) is 11.6. The number of carbonyl (C=O) groups excluding carboxylic acids is 7. The highest BCUT2D eigenvalue weighted by atomic mass is 79.9. The zero-order valence-corrected chi connectivity index (χ0v) is 56.3. The quantitative estimate of drug-likeness (QED) is 0.0126. The first kappa shape index (κ1) is 75.7. The molecule has 0 bridgehead atoms. The molecule has 26 nitrogen and oxygen atoms in total. The topological polar surface area (TPSA) is 351 Å². The number of unbranched alkanes of at least 4 members (excludes halogenated alkanes) is 14. The average molecular weight is 1380 g/mol. The Balaban J connectivity index is 0.752. The lowest BCUT2D eigenvalue weighted by Crippen LogP contribution is -2.47. The number of nitrogens with one attached hydrogen (secondary N) is 5. The number of pyridine rings is 1. The molecule has 1 aliphatic carbocycles. The number of halogens is 1. The van der Waals surface area contributed by atoms with Crippen LogP contribution in [0.2, 0.25) is 0 Å². The fourth-order valence-corrected chi connectivity index (χ4v) is 12.0. The van der Waals surface area contributed by atoms with Crippen molar-refractivity contribution >= 4 is 85.8 Å². The van der Waals surface area contributed by atoms with Crippen molar-refractivity contribution < 1.29 is 72.3 Å². The van der Waals surface area contributed by atoms with Crippen molar-refractivity contribution in [2.75, 3.05) is 71.3 Å². The van der Waals surface area contributed by atoms with Gasteiger partial charge in [0.05, 0.1) is 51.7 Å². The number of anilines is 1. The number of aliphatic carboxylic acids is 2. The molecule has 4 aromatic rings. The summed E-state index contributed by atoms with van der Waals surface area (Å²) in [6.07, 6.45) is 22.1. The van der Waals surface area contributed by atoms with Crippen LogP contribution in [0, 0.1) is 18.8 Å². The van der Waals surface area contributed by atoms with E-state index in [1.165, 1.54) is 50.1 Å². The van der Waals surface area contributed by atoms with Crippen LogP contribution >= 0.6 is 15.9 Å². The zero-order chi connectivity index (χ0) is 67.6. The van der Waals surface area contributed by atoms with Crippen molar-refractivity contribution in [1.82, 2.24) is 50.9 Å². The summed E-state index contributed by atoms with van der Waals surface area (Å²) in [4.78, 5) is 128. The van der Waals surface area contributed by atoms with Crippen LogP contribution in [0.1, 0.15) is 177 Å². The average Bonchev–Trinajstić information content (AvgIpc) is 1.55. The van der Waals surface area contributed by atoms with Gasteiger partial charge in [0, 0.05) is 68.7 Å². The van der Waals surface area contributed by atoms with E-state index >= 15 is 0 Å². The Labute approximate surface area is 558 Å². The number of carboxylic acids is 2. The van der Waals surface area contributed by atoms with Gasteiger partial charge in [-0.1, -0.05) is 109 Å². The van der Waals surface area contributed by atoms with Gasteiger partial charge in [-0.3, -0.25) is 43.0 Å². The highest BCUT2D eigenvalue weighted by Gasteiger charge is 2.63. The first-order valence-corrected chi connectivity index (χ1v) is 34.2. The molecular weight excluding hydrogens is 1280 g/mol. The fraction of sp³-hybridized carbons (Fsp3) is 0.627. The standard InChI is InChI=1S/C67H96BrN11O15/c1-4-5-20-49-50-38-54(66(88)76-65-45(2)23-27-55(68)75-65)79(64(49)50)61(85)42-78-53-26-24-47(37-51(53)63(77-78)46(3)80)48-39-71-56(72-40-48)41-73-60(84)44-94-36-34-92-32-30-70-59(83)43-93-35-33-91-31-29-69-57(81)28-25-52(67(89)90)74-58(82)21-18-16-14-12-10-8-6-7-9-11-13-15-17-19-22-62(86)87/h23-24,26-27,37,39-40,49-50,52,54,64H,4-22,25,28-36,38,41-44H2,1-3H3,(H,69,81)(H,70,83)(H,73,84)(H,74,82)(H,86,87)(H,89,90)(H,75,76,88)/t49?,50-,52-,54-,64+/m0/s1. The first-order valence-electron chi connectivity index (χ1n) is 33.4. The van der Waals surface area contributed by atoms with Crippen LogP contribution < -0.4 is 26.6 Å². The van der Waals surface area contributed by atoms with Crippen LogP contribution in [0.15, 0.2) is 47.3 Å². The van der Waals surface area contributed by atoms with E-state index in [0.717, 1.165) is 69.8 Å². The van der Waals surface area contributed by atoms with Crippen LogP contribution in [0.3, 0.4) is 0 Å². The van der Waals surface area contributed by atoms with E-state index in [1.807, 2.05) is 25.1 Å². The molecule has 94 heavy (non-hydrogen) atoms. The molecule has 1 saturated carbocycles. The van der Waals surface area contributed by atoms with Crippen LogP contribution in [0.5, 0.6) is 0 Å². The summed E-state index contributed by atoms with van der Waals surface area (Å²) in [7, 11) is 0. The molecule has 27 heteroatoms. The van der Waals surface area contributed by atoms with Crippen LogP contribution in [0.25, 0.3) is 22.0 Å². The summed E-state index contributed by atoms with van der Waals surface area (Å²) < 4.78 is 23.8. The molecule has 2 fully saturated rings. The van der Waals surface area contributed by atoms with Gasteiger partial charge in [0.25, 0.3) is 0 Å². The second-order valence-corrected chi connectivity index (χ2v) is 24.9. The van der Waals surface area contributed by atoms with E-state index in [0.29, 0.717) is 57.0 Å². The molecular formula is C67H96BrN11O15. The number of carboxylic acid groups (broad SMARTS) is 2. The number of hydrogen-bond donors (Lipinski definition) is 7. The van der Waals surface area contributed by atoms with Crippen molar-refractivity contribution in [2.24, 2.45) is 11.8 Å². The number of aromatic nitrogens is 5. The molecule has 0 spiro atoms. The van der Waals surface area contributed by atoms with E-state index < -0.39 is 24.0 Å². The number of ether oxygens (including phenoxy) is 4. The van der Waals surface area contributed by atoms with E-state index in [4.69, 9.17) is 24.1 Å². The number of rotatable bonds is 49. The number of benzene rings is 1. The Morgan fingerprint density at radius 3 is 1.85 bits per heavy atom. The monoisotopic (exact) mass is 1370 g/mol. The smallest absolute Gasteiger partial charge is 0.326 e. The van der Waals surface area contributed by atoms with Gasteiger partial charge in [-0.2, -0.15) is 5.10 Å². The second kappa shape index (κ2) is 41.5. The summed E-state index contributed by atoms with van der Waals surface area (Å²) in [5.41, 5.74) is 2.95. The van der Waals surface area contributed by atoms with Crippen molar-refractivity contribution in [2.45, 2.75) is 193 Å². The molecule has 5 atom stereocenters. The molecule has 0 radical (unpaired) electrons. The maximum absolute atomic E-state index is 14.4. The highest BCUT2D eigenvalue weighted by Crippen LogP contribution is 2.56. The van der Waals surface area contributed by atoms with Crippen molar-refractivity contribution in [3.05, 3.63) is 64.4 Å². The summed E-state index contributed by atoms with van der Waals surface area (Å²) in [6, 6.07) is 7.24. The Hall–Kier alpha value is -7.33. The van der Waals surface area contributed by atoms with Crippen molar-refractivity contribution in [3.8, 4) is 11.1 Å². The minimum atomic E-state index is -1.20. The Morgan fingerprint density at radius 2 is 1.26 bits per heavy atom. The molecule has 4 heterocycles. The predicted molar refractivity (Wildman–Crippen MR) is 353 cm³/mol. The second-order valence-electron chi connectivity index (χ2n) is 24.1. The number of hydrogen-bond acceptors (Lipinski definition) is 17. The number of carbonyl (C=O) groups is 9. The number of fused-ring (bicyclic) bond motifs is 2. The Kier molecular flexibility index (Phi) is 33.4. The number of aryl methyl sites for hydroxylation is 1. The lowest BCUT2D eigenvalue weighted by Gasteiger charge is -2.28. The van der Waals surface area contributed by atoms with Gasteiger partial charge in [-0.25, -0.2) is 19.7 Å². The molecule has 7 N–H and O–H groups in total. The highest BCUT2D eigenvalue weighted by molar-refractivity contribution is 9.10. The summed E-state index contributed by atoms with van der Waals surface area (Å²) >= 11 is 3.38. The SMILES string of the molecule is CCCCC1[C@@H]2[C@H]1C[C@@H](C(=O)Nc1nc(Br)ccc1C)N2C(=O)Cn1nc(C(C)=O)c2cc(-c3cnc(CNC(=O)COCCOCCNC(=O)COCCOCCNC(=O)CC[C@H](NC(=O)CCCCCCCCCCCCCCCCC(=O)O)C(=O)O)nc3)ccc21. The Bertz CT molecular complexity index is 3110. The van der Waals surface area contributed by atoms with Crippen molar-refractivity contribution in [3.63, 3.8) is 0 Å². The van der Waals surface area contributed by atoms with Gasteiger partial charge in [0.1, 0.15) is 53.8 Å². The molecule has 1 unspecified atom stereocenters. The normalized spacial score (nSPS) is 15.9. The third-order valence-electron chi connectivity index (χ3n) is 16.8. The molecule has 1 aliphatic heterocycles. The van der Waals surface area contributed by atoms with E-state index in [2.05, 4.69) is 69.5 Å². The van der Waals surface area contributed by atoms with Gasteiger partial charge in [-0.05, 0) is 96.1 Å². The number of Topliss-reactive ketones (excluding diaryl/α,β-unsaturated/α-hetero) is 1. The first-order chi connectivity index (χ1) is 45.4. The van der Waals surface area contributed by atoms with Gasteiger partial charge in [-0.15, -0.1) is 0 Å². The zero-order valence-electron chi connectivity index (χ0n) is 54.7. The van der Waals surface area contributed by atoms with Crippen LogP contribution in [0.4, 0.5) is 5.82 Å². The van der Waals surface area contributed by atoms with Gasteiger partial charge >= 0.3 is 11.9 Å². The number of piperidine rings is 1. The molecule has 1 aromatic carbocycles. The minimum Gasteiger partial charge on any atom is -0.481 e. The summed E-state index contributed by atoms with van der Waals surface area (Å²) in [5.74, 6) is -2.82. The maximum atomic E-state index is 14.4. The minimum absolute atomic E-state index is 0.0412. The summed E-state index contributed by atoms with van der Waals surface area (Å²) in [6.45, 7) is 6.28. The molecule has 6 rings (SSSR count). The molecule has 3 aromatic heterocycles. The van der Waals surface area contributed by atoms with Gasteiger partial charge in [0.2, 0.25) is 35.4 Å². The Morgan fingerprint density at radius 1 is 0.670 bits per heavy atom. The lowest BCUT2D eigenvalue weighted by molar-refractivity contribution is -0.142. The van der Waals surface area contributed by atoms with E-state index in [-0.39, 0.29) is 164 Å².